The molecule has 3 rings (SSSR count). The average Bonchev–Trinajstić information content (AvgIpc) is 3.10. The second-order valence-electron chi connectivity index (χ2n) is 6.19. The van der Waals surface area contributed by atoms with Crippen LogP contribution in [0.15, 0.2) is 48.5 Å². The van der Waals surface area contributed by atoms with Crippen LogP contribution < -0.4 is 4.74 Å². The number of aliphatic hydroxyl groups is 1. The average molecular weight is 325 g/mol. The van der Waals surface area contributed by atoms with E-state index in [4.69, 9.17) is 9.84 Å². The monoisotopic (exact) mass is 325 g/mol. The van der Waals surface area contributed by atoms with Gasteiger partial charge in [-0.1, -0.05) is 36.4 Å². The number of benzene rings is 2. The van der Waals surface area contributed by atoms with Crippen molar-refractivity contribution >= 4 is 5.91 Å². The first-order valence-corrected chi connectivity index (χ1v) is 8.36. The topological polar surface area (TPSA) is 49.8 Å². The molecule has 0 aliphatic carbocycles. The maximum absolute atomic E-state index is 12.6. The molecule has 2 aromatic carbocycles. The van der Waals surface area contributed by atoms with Crippen LogP contribution in [-0.2, 0) is 11.4 Å². The molecule has 0 spiro atoms. The summed E-state index contributed by atoms with van der Waals surface area (Å²) < 4.78 is 5.62. The zero-order chi connectivity index (χ0) is 16.9. The molecule has 4 nitrogen and oxygen atoms in total. The number of likely N-dealkylation sites (tertiary alicyclic amines) is 1. The summed E-state index contributed by atoms with van der Waals surface area (Å²) in [5.74, 6) is 0.666. The summed E-state index contributed by atoms with van der Waals surface area (Å²) >= 11 is 0. The van der Waals surface area contributed by atoms with Gasteiger partial charge < -0.3 is 14.7 Å². The Kier molecular flexibility index (Phi) is 5.16. The molecule has 1 aliphatic heterocycles. The van der Waals surface area contributed by atoms with E-state index in [9.17, 15) is 4.79 Å². The van der Waals surface area contributed by atoms with Gasteiger partial charge in [-0.2, -0.15) is 0 Å². The summed E-state index contributed by atoms with van der Waals surface area (Å²) in [6.45, 7) is 2.92. The minimum absolute atomic E-state index is 0.00505. The van der Waals surface area contributed by atoms with Crippen LogP contribution in [-0.4, -0.2) is 29.1 Å². The van der Waals surface area contributed by atoms with Crippen LogP contribution >= 0.6 is 0 Å². The van der Waals surface area contributed by atoms with Crippen molar-refractivity contribution in [3.05, 3.63) is 65.2 Å². The smallest absolute Gasteiger partial charge is 0.261 e. The van der Waals surface area contributed by atoms with Crippen LogP contribution in [0.3, 0.4) is 0 Å². The molecule has 1 amide bonds. The summed E-state index contributed by atoms with van der Waals surface area (Å²) in [6, 6.07) is 15.6. The zero-order valence-corrected chi connectivity index (χ0v) is 13.9. The molecule has 1 atom stereocenters. The van der Waals surface area contributed by atoms with Crippen molar-refractivity contribution in [3.63, 3.8) is 0 Å². The number of aryl methyl sites for hydroxylation is 1. The Balaban J connectivity index is 1.64. The number of amides is 1. The molecule has 1 fully saturated rings. The number of hydrogen-bond acceptors (Lipinski definition) is 3. The Morgan fingerprint density at radius 3 is 2.67 bits per heavy atom. The zero-order valence-electron chi connectivity index (χ0n) is 13.9. The van der Waals surface area contributed by atoms with Gasteiger partial charge in [-0.25, -0.2) is 0 Å². The predicted octanol–water partition coefficient (Wildman–Crippen LogP) is 3.23. The molecule has 1 saturated heterocycles. The van der Waals surface area contributed by atoms with Crippen LogP contribution in [0, 0.1) is 6.92 Å². The Bertz CT molecular complexity index is 696. The third-order valence-electron chi connectivity index (χ3n) is 4.59. The van der Waals surface area contributed by atoms with E-state index in [0.29, 0.717) is 5.75 Å². The maximum atomic E-state index is 12.6. The van der Waals surface area contributed by atoms with E-state index in [2.05, 4.69) is 19.1 Å². The second kappa shape index (κ2) is 7.49. The van der Waals surface area contributed by atoms with Gasteiger partial charge in [-0.3, -0.25) is 4.79 Å². The first kappa shape index (κ1) is 16.5. The van der Waals surface area contributed by atoms with Crippen LogP contribution in [0.1, 0.15) is 35.6 Å². The summed E-state index contributed by atoms with van der Waals surface area (Å²) in [7, 11) is 0. The van der Waals surface area contributed by atoms with Gasteiger partial charge in [0, 0.05) is 6.54 Å². The highest BCUT2D eigenvalue weighted by atomic mass is 16.5. The van der Waals surface area contributed by atoms with Gasteiger partial charge >= 0.3 is 0 Å². The van der Waals surface area contributed by atoms with Gasteiger partial charge in [0.05, 0.1) is 12.6 Å². The molecular formula is C20H23NO3. The van der Waals surface area contributed by atoms with Gasteiger partial charge in [-0.05, 0) is 48.6 Å². The molecule has 1 N–H and O–H groups in total. The van der Waals surface area contributed by atoms with Crippen molar-refractivity contribution in [2.45, 2.75) is 32.4 Å². The molecule has 126 valence electrons. The molecule has 2 aromatic rings. The summed E-state index contributed by atoms with van der Waals surface area (Å²) in [6.07, 6.45) is 2.03. The number of nitrogens with zero attached hydrogens (tertiary/aromatic N) is 1. The minimum Gasteiger partial charge on any atom is -0.484 e. The number of aliphatic hydroxyl groups excluding tert-OH is 1. The Morgan fingerprint density at radius 2 is 1.96 bits per heavy atom. The standard InChI is InChI=1S/C20H23NO3/c1-15-5-2-3-6-18(15)19-7-4-12-21(19)20(23)14-24-17-10-8-16(13-22)9-11-17/h2-3,5-6,8-11,19,22H,4,7,12-14H2,1H3. The van der Waals surface area contributed by atoms with Gasteiger partial charge in [0.15, 0.2) is 6.61 Å². The molecule has 1 heterocycles. The molecule has 1 unspecified atom stereocenters. The first-order chi connectivity index (χ1) is 11.7. The van der Waals surface area contributed by atoms with Crippen molar-refractivity contribution < 1.29 is 14.6 Å². The van der Waals surface area contributed by atoms with Crippen LogP contribution in [0.25, 0.3) is 0 Å². The molecule has 0 aromatic heterocycles. The lowest BCUT2D eigenvalue weighted by atomic mass is 9.99. The van der Waals surface area contributed by atoms with Gasteiger partial charge in [-0.15, -0.1) is 0 Å². The summed E-state index contributed by atoms with van der Waals surface area (Å²) in [5.41, 5.74) is 3.28. The summed E-state index contributed by atoms with van der Waals surface area (Å²) in [5, 5.41) is 9.05. The Hall–Kier alpha value is -2.33. The van der Waals surface area contributed by atoms with E-state index < -0.39 is 0 Å². The number of carbonyl (C=O) groups is 1. The highest BCUT2D eigenvalue weighted by Gasteiger charge is 2.30. The third kappa shape index (κ3) is 3.60. The lowest BCUT2D eigenvalue weighted by molar-refractivity contribution is -0.134. The highest BCUT2D eigenvalue weighted by Crippen LogP contribution is 2.33. The van der Waals surface area contributed by atoms with Crippen molar-refractivity contribution in [1.82, 2.24) is 4.90 Å². The largest absolute Gasteiger partial charge is 0.484 e. The minimum atomic E-state index is 0.00505. The van der Waals surface area contributed by atoms with E-state index in [1.165, 1.54) is 11.1 Å². The molecular weight excluding hydrogens is 302 g/mol. The van der Waals surface area contributed by atoms with Crippen LogP contribution in [0.4, 0.5) is 0 Å². The van der Waals surface area contributed by atoms with Crippen LogP contribution in [0.2, 0.25) is 0 Å². The molecule has 0 radical (unpaired) electrons. The van der Waals surface area contributed by atoms with E-state index in [1.807, 2.05) is 17.0 Å². The Labute approximate surface area is 142 Å². The quantitative estimate of drug-likeness (QED) is 0.918. The third-order valence-corrected chi connectivity index (χ3v) is 4.59. The maximum Gasteiger partial charge on any atom is 0.261 e. The Morgan fingerprint density at radius 1 is 1.21 bits per heavy atom. The van der Waals surface area contributed by atoms with Crippen molar-refractivity contribution in [1.29, 1.82) is 0 Å². The molecule has 24 heavy (non-hydrogen) atoms. The second-order valence-corrected chi connectivity index (χ2v) is 6.19. The number of carbonyl (C=O) groups excluding carboxylic acids is 1. The highest BCUT2D eigenvalue weighted by molar-refractivity contribution is 5.78. The van der Waals surface area contributed by atoms with Crippen LogP contribution in [0.5, 0.6) is 5.75 Å². The number of hydrogen-bond donors (Lipinski definition) is 1. The fourth-order valence-electron chi connectivity index (χ4n) is 3.27. The van der Waals surface area contributed by atoms with Crippen molar-refractivity contribution in [2.75, 3.05) is 13.2 Å². The van der Waals surface area contributed by atoms with E-state index in [1.54, 1.807) is 24.3 Å². The van der Waals surface area contributed by atoms with Gasteiger partial charge in [0.25, 0.3) is 5.91 Å². The molecule has 1 aliphatic rings. The molecule has 4 heteroatoms. The lowest BCUT2D eigenvalue weighted by Crippen LogP contribution is -2.34. The lowest BCUT2D eigenvalue weighted by Gasteiger charge is -2.26. The number of ether oxygens (including phenoxy) is 1. The van der Waals surface area contributed by atoms with E-state index in [0.717, 1.165) is 24.9 Å². The van der Waals surface area contributed by atoms with Crippen molar-refractivity contribution in [3.8, 4) is 5.75 Å². The van der Waals surface area contributed by atoms with Gasteiger partial charge in [0.2, 0.25) is 0 Å². The van der Waals surface area contributed by atoms with Crippen molar-refractivity contribution in [2.24, 2.45) is 0 Å². The molecule has 0 bridgehead atoms. The van der Waals surface area contributed by atoms with E-state index in [-0.39, 0.29) is 25.2 Å². The normalized spacial score (nSPS) is 17.1. The summed E-state index contributed by atoms with van der Waals surface area (Å²) in [4.78, 5) is 14.5. The SMILES string of the molecule is Cc1ccccc1C1CCCN1C(=O)COc1ccc(CO)cc1. The van der Waals surface area contributed by atoms with Gasteiger partial charge in [0.1, 0.15) is 5.75 Å². The van der Waals surface area contributed by atoms with E-state index >= 15 is 0 Å². The predicted molar refractivity (Wildman–Crippen MR) is 92.7 cm³/mol. The fourth-order valence-corrected chi connectivity index (χ4v) is 3.27. The molecule has 0 saturated carbocycles. The fraction of sp³-hybridized carbons (Fsp3) is 0.350. The number of rotatable bonds is 5. The first-order valence-electron chi connectivity index (χ1n) is 8.36.